The number of carbonyl (C=O) groups is 2. The average molecular weight is 428 g/mol. The largest absolute Gasteiger partial charge is 0.454 e. The third kappa shape index (κ3) is 4.81. The summed E-state index contributed by atoms with van der Waals surface area (Å²) in [5, 5.41) is 5.97. The number of likely N-dealkylation sites (tertiary alicyclic amines) is 1. The Kier molecular flexibility index (Phi) is 6.32. The molecule has 1 fully saturated rings. The molecule has 1 atom stereocenters. The van der Waals surface area contributed by atoms with Crippen molar-refractivity contribution < 1.29 is 19.1 Å². The SMILES string of the molecule is CSc1cccc(NC(=O)N2CCCC(CNC(=O)c3ccc4c(c3)OCO4)C2)c1. The number of amides is 3. The zero-order valence-corrected chi connectivity index (χ0v) is 17.7. The Morgan fingerprint density at radius 2 is 2.03 bits per heavy atom. The summed E-state index contributed by atoms with van der Waals surface area (Å²) in [6, 6.07) is 12.9. The molecule has 158 valence electrons. The van der Waals surface area contributed by atoms with Crippen LogP contribution < -0.4 is 20.1 Å². The molecule has 0 saturated carbocycles. The summed E-state index contributed by atoms with van der Waals surface area (Å²) in [5.41, 5.74) is 1.34. The maximum atomic E-state index is 12.7. The smallest absolute Gasteiger partial charge is 0.321 e. The lowest BCUT2D eigenvalue weighted by molar-refractivity contribution is 0.0938. The van der Waals surface area contributed by atoms with E-state index in [-0.39, 0.29) is 24.6 Å². The number of carbonyl (C=O) groups excluding carboxylic acids is 2. The number of benzene rings is 2. The molecule has 3 amide bonds. The zero-order chi connectivity index (χ0) is 20.9. The number of nitrogens with zero attached hydrogens (tertiary/aromatic N) is 1. The predicted molar refractivity (Wildman–Crippen MR) is 116 cm³/mol. The highest BCUT2D eigenvalue weighted by molar-refractivity contribution is 7.98. The third-order valence-electron chi connectivity index (χ3n) is 5.31. The van der Waals surface area contributed by atoms with E-state index in [0.717, 1.165) is 30.0 Å². The van der Waals surface area contributed by atoms with Crippen molar-refractivity contribution in [3.05, 3.63) is 48.0 Å². The van der Waals surface area contributed by atoms with Gasteiger partial charge in [-0.3, -0.25) is 4.79 Å². The summed E-state index contributed by atoms with van der Waals surface area (Å²) in [7, 11) is 0. The van der Waals surface area contributed by atoms with Crippen molar-refractivity contribution >= 4 is 29.4 Å². The van der Waals surface area contributed by atoms with Gasteiger partial charge in [0, 0.05) is 35.8 Å². The Morgan fingerprint density at radius 3 is 2.90 bits per heavy atom. The summed E-state index contributed by atoms with van der Waals surface area (Å²) in [6.07, 6.45) is 3.91. The van der Waals surface area contributed by atoms with Crippen LogP contribution in [-0.2, 0) is 0 Å². The first-order valence-corrected chi connectivity index (χ1v) is 11.2. The quantitative estimate of drug-likeness (QED) is 0.710. The van der Waals surface area contributed by atoms with Gasteiger partial charge in [0.1, 0.15) is 0 Å². The Balaban J connectivity index is 1.29. The first-order chi connectivity index (χ1) is 14.6. The molecular weight excluding hydrogens is 402 g/mol. The van der Waals surface area contributed by atoms with E-state index in [1.54, 1.807) is 30.0 Å². The minimum atomic E-state index is -0.149. The minimum Gasteiger partial charge on any atom is -0.454 e. The van der Waals surface area contributed by atoms with Crippen molar-refractivity contribution in [1.82, 2.24) is 10.2 Å². The summed E-state index contributed by atoms with van der Waals surface area (Å²) in [6.45, 7) is 2.05. The molecule has 0 radical (unpaired) electrons. The molecule has 4 rings (SSSR count). The lowest BCUT2D eigenvalue weighted by Gasteiger charge is -2.33. The molecule has 30 heavy (non-hydrogen) atoms. The molecule has 0 bridgehead atoms. The fraction of sp³-hybridized carbons (Fsp3) is 0.364. The fourth-order valence-corrected chi connectivity index (χ4v) is 4.16. The highest BCUT2D eigenvalue weighted by Crippen LogP contribution is 2.32. The molecule has 2 aliphatic heterocycles. The summed E-state index contributed by atoms with van der Waals surface area (Å²) < 4.78 is 10.6. The van der Waals surface area contributed by atoms with Crippen LogP contribution in [0, 0.1) is 5.92 Å². The number of rotatable bonds is 5. The van der Waals surface area contributed by atoms with Crippen molar-refractivity contribution in [2.45, 2.75) is 17.7 Å². The van der Waals surface area contributed by atoms with Gasteiger partial charge in [-0.05, 0) is 61.4 Å². The van der Waals surface area contributed by atoms with Gasteiger partial charge < -0.3 is 25.0 Å². The highest BCUT2D eigenvalue weighted by Gasteiger charge is 2.24. The van der Waals surface area contributed by atoms with Crippen LogP contribution in [0.25, 0.3) is 0 Å². The molecule has 2 aliphatic rings. The molecule has 7 nitrogen and oxygen atoms in total. The van der Waals surface area contributed by atoms with Crippen molar-refractivity contribution in [3.63, 3.8) is 0 Å². The van der Waals surface area contributed by atoms with Gasteiger partial charge in [0.15, 0.2) is 11.5 Å². The monoisotopic (exact) mass is 427 g/mol. The average Bonchev–Trinajstić information content (AvgIpc) is 3.25. The summed E-state index contributed by atoms with van der Waals surface area (Å²) in [4.78, 5) is 28.1. The van der Waals surface area contributed by atoms with E-state index in [1.165, 1.54) is 0 Å². The normalized spacial score (nSPS) is 17.5. The topological polar surface area (TPSA) is 79.9 Å². The Labute approximate surface area is 180 Å². The number of hydrogen-bond donors (Lipinski definition) is 2. The van der Waals surface area contributed by atoms with E-state index in [1.807, 2.05) is 35.4 Å². The van der Waals surface area contributed by atoms with Crippen molar-refractivity contribution in [3.8, 4) is 11.5 Å². The van der Waals surface area contributed by atoms with Gasteiger partial charge in [-0.1, -0.05) is 6.07 Å². The summed E-state index contributed by atoms with van der Waals surface area (Å²) in [5.74, 6) is 1.32. The number of thioether (sulfide) groups is 1. The van der Waals surface area contributed by atoms with Gasteiger partial charge in [-0.2, -0.15) is 0 Å². The standard InChI is InChI=1S/C22H25N3O4S/c1-30-18-6-2-5-17(11-18)24-22(27)25-9-3-4-15(13-25)12-23-21(26)16-7-8-19-20(10-16)29-14-28-19/h2,5-8,10-11,15H,3-4,9,12-14H2,1H3,(H,23,26)(H,24,27). The molecule has 1 saturated heterocycles. The first-order valence-electron chi connectivity index (χ1n) is 10.00. The number of fused-ring (bicyclic) bond motifs is 1. The zero-order valence-electron chi connectivity index (χ0n) is 16.8. The van der Waals surface area contributed by atoms with Crippen LogP contribution in [-0.4, -0.2) is 49.5 Å². The van der Waals surface area contributed by atoms with Gasteiger partial charge in [0.2, 0.25) is 6.79 Å². The second-order valence-corrected chi connectivity index (χ2v) is 8.27. The van der Waals surface area contributed by atoms with Gasteiger partial charge in [-0.15, -0.1) is 11.8 Å². The van der Waals surface area contributed by atoms with E-state index < -0.39 is 0 Å². The Morgan fingerprint density at radius 1 is 1.17 bits per heavy atom. The van der Waals surface area contributed by atoms with Crippen molar-refractivity contribution in [2.75, 3.05) is 38.0 Å². The number of nitrogens with one attached hydrogen (secondary N) is 2. The third-order valence-corrected chi connectivity index (χ3v) is 6.04. The highest BCUT2D eigenvalue weighted by atomic mass is 32.2. The second-order valence-electron chi connectivity index (χ2n) is 7.39. The lowest BCUT2D eigenvalue weighted by Crippen LogP contribution is -2.45. The predicted octanol–water partition coefficient (Wildman–Crippen LogP) is 3.81. The van der Waals surface area contributed by atoms with E-state index in [0.29, 0.717) is 30.2 Å². The second kappa shape index (κ2) is 9.30. The Bertz CT molecular complexity index is 936. The van der Waals surface area contributed by atoms with Crippen LogP contribution in [0.5, 0.6) is 11.5 Å². The number of anilines is 1. The maximum Gasteiger partial charge on any atom is 0.321 e. The molecule has 0 aliphatic carbocycles. The molecule has 2 aromatic carbocycles. The van der Waals surface area contributed by atoms with Gasteiger partial charge in [0.25, 0.3) is 5.91 Å². The molecular formula is C22H25N3O4S. The molecule has 8 heteroatoms. The van der Waals surface area contributed by atoms with Crippen LogP contribution in [0.4, 0.5) is 10.5 Å². The molecule has 1 unspecified atom stereocenters. The van der Waals surface area contributed by atoms with Gasteiger partial charge >= 0.3 is 6.03 Å². The van der Waals surface area contributed by atoms with Crippen LogP contribution in [0.15, 0.2) is 47.4 Å². The number of hydrogen-bond acceptors (Lipinski definition) is 5. The van der Waals surface area contributed by atoms with Gasteiger partial charge in [-0.25, -0.2) is 4.79 Å². The fourth-order valence-electron chi connectivity index (χ4n) is 3.70. The molecule has 0 aromatic heterocycles. The molecule has 2 N–H and O–H groups in total. The molecule has 0 spiro atoms. The lowest BCUT2D eigenvalue weighted by atomic mass is 9.98. The van der Waals surface area contributed by atoms with E-state index >= 15 is 0 Å². The van der Waals surface area contributed by atoms with Crippen LogP contribution in [0.1, 0.15) is 23.2 Å². The molecule has 2 heterocycles. The Hall–Kier alpha value is -2.87. The van der Waals surface area contributed by atoms with Crippen molar-refractivity contribution in [1.29, 1.82) is 0 Å². The van der Waals surface area contributed by atoms with Crippen molar-refractivity contribution in [2.24, 2.45) is 5.92 Å². The van der Waals surface area contributed by atoms with Crippen LogP contribution >= 0.6 is 11.8 Å². The van der Waals surface area contributed by atoms with E-state index in [2.05, 4.69) is 10.6 Å². The number of piperidine rings is 1. The van der Waals surface area contributed by atoms with E-state index in [9.17, 15) is 9.59 Å². The van der Waals surface area contributed by atoms with Crippen LogP contribution in [0.2, 0.25) is 0 Å². The first kappa shape index (κ1) is 20.4. The summed E-state index contributed by atoms with van der Waals surface area (Å²) >= 11 is 1.64. The van der Waals surface area contributed by atoms with E-state index in [4.69, 9.17) is 9.47 Å². The molecule has 2 aromatic rings. The van der Waals surface area contributed by atoms with Crippen LogP contribution in [0.3, 0.4) is 0 Å². The maximum absolute atomic E-state index is 12.7. The number of urea groups is 1. The number of ether oxygens (including phenoxy) is 2. The minimum absolute atomic E-state index is 0.0972. The van der Waals surface area contributed by atoms with Gasteiger partial charge in [0.05, 0.1) is 0 Å².